The van der Waals surface area contributed by atoms with Crippen molar-refractivity contribution >= 4 is 23.6 Å². The molecule has 0 saturated carbocycles. The fourth-order valence-corrected chi connectivity index (χ4v) is 6.20. The molecule has 9 nitrogen and oxygen atoms in total. The van der Waals surface area contributed by atoms with Crippen molar-refractivity contribution in [2.45, 2.75) is 38.8 Å². The van der Waals surface area contributed by atoms with Crippen LogP contribution in [0.5, 0.6) is 5.75 Å². The molecule has 0 radical (unpaired) electrons. The summed E-state index contributed by atoms with van der Waals surface area (Å²) in [6.07, 6.45) is 1.53. The number of rotatable bonds is 3. The average molecular weight is 517 g/mol. The summed E-state index contributed by atoms with van der Waals surface area (Å²) in [5, 5.41) is 2.89. The van der Waals surface area contributed by atoms with Crippen LogP contribution in [0.15, 0.2) is 36.4 Å². The van der Waals surface area contributed by atoms with Crippen LogP contribution in [0.2, 0.25) is 0 Å². The van der Waals surface area contributed by atoms with Gasteiger partial charge in [0.25, 0.3) is 11.8 Å². The zero-order valence-corrected chi connectivity index (χ0v) is 21.6. The molecule has 2 saturated heterocycles. The molecule has 2 aromatic rings. The van der Waals surface area contributed by atoms with Crippen LogP contribution in [0.1, 0.15) is 41.3 Å². The lowest BCUT2D eigenvalue weighted by Gasteiger charge is -2.39. The highest BCUT2D eigenvalue weighted by molar-refractivity contribution is 6.01. The van der Waals surface area contributed by atoms with Crippen LogP contribution in [0.25, 0.3) is 11.1 Å². The van der Waals surface area contributed by atoms with E-state index in [0.29, 0.717) is 63.5 Å². The highest BCUT2D eigenvalue weighted by atomic mass is 16.5. The number of piperazine rings is 1. The third kappa shape index (κ3) is 4.29. The van der Waals surface area contributed by atoms with Gasteiger partial charge in [0.1, 0.15) is 5.75 Å². The molecule has 2 fully saturated rings. The van der Waals surface area contributed by atoms with Crippen LogP contribution >= 0.6 is 0 Å². The number of para-hydroxylation sites is 1. The third-order valence-corrected chi connectivity index (χ3v) is 8.29. The van der Waals surface area contributed by atoms with E-state index in [-0.39, 0.29) is 29.5 Å². The first kappa shape index (κ1) is 24.5. The van der Waals surface area contributed by atoms with Crippen molar-refractivity contribution in [2.75, 3.05) is 39.3 Å². The number of nitrogens with one attached hydrogen (secondary N) is 1. The summed E-state index contributed by atoms with van der Waals surface area (Å²) in [6.45, 7) is 5.15. The number of carbonyl (C=O) groups excluding carboxylic acids is 4. The van der Waals surface area contributed by atoms with E-state index in [0.717, 1.165) is 35.1 Å². The van der Waals surface area contributed by atoms with Gasteiger partial charge in [0.05, 0.1) is 5.92 Å². The zero-order valence-electron chi connectivity index (χ0n) is 21.6. The largest absolute Gasteiger partial charge is 0.479 e. The summed E-state index contributed by atoms with van der Waals surface area (Å²) in [5.74, 6) is 0.516. The molecule has 0 bridgehead atoms. The highest BCUT2D eigenvalue weighted by Crippen LogP contribution is 2.41. The standard InChI is InChI=1S/C29H32N4O5/c1-18(34)33-10-4-6-20(17-33)28(36)31-11-13-32(14-12-31)29(37)25-15-19-5-2-8-22(26(19)38-25)21-7-3-9-23-24(21)16-30-27(23)35/h2-3,5,7-9,20,25H,4,6,10-17H2,1H3,(H,30,35)/t20-,25?/m0/s1. The number of hydrogen-bond acceptors (Lipinski definition) is 5. The molecular weight excluding hydrogens is 484 g/mol. The molecule has 38 heavy (non-hydrogen) atoms. The van der Waals surface area contributed by atoms with Gasteiger partial charge < -0.3 is 24.8 Å². The van der Waals surface area contributed by atoms with Gasteiger partial charge in [0, 0.05) is 70.3 Å². The molecular formula is C29H32N4O5. The minimum Gasteiger partial charge on any atom is -0.479 e. The van der Waals surface area contributed by atoms with Gasteiger partial charge in [-0.1, -0.05) is 30.3 Å². The summed E-state index contributed by atoms with van der Waals surface area (Å²) in [5.41, 5.74) is 4.46. The number of benzene rings is 2. The molecule has 4 heterocycles. The molecule has 6 rings (SSSR count). The van der Waals surface area contributed by atoms with Gasteiger partial charge in [-0.25, -0.2) is 0 Å². The zero-order chi connectivity index (χ0) is 26.4. The molecule has 2 aromatic carbocycles. The van der Waals surface area contributed by atoms with Gasteiger partial charge in [-0.05, 0) is 35.6 Å². The van der Waals surface area contributed by atoms with Crippen molar-refractivity contribution in [3.05, 3.63) is 53.1 Å². The Morgan fingerprint density at radius 3 is 2.32 bits per heavy atom. The smallest absolute Gasteiger partial charge is 0.264 e. The molecule has 0 spiro atoms. The van der Waals surface area contributed by atoms with Crippen molar-refractivity contribution in [1.29, 1.82) is 0 Å². The first-order valence-corrected chi connectivity index (χ1v) is 13.4. The van der Waals surface area contributed by atoms with E-state index >= 15 is 0 Å². The number of likely N-dealkylation sites (tertiary alicyclic amines) is 1. The topological polar surface area (TPSA) is 99.3 Å². The highest BCUT2D eigenvalue weighted by Gasteiger charge is 2.37. The fraction of sp³-hybridized carbons (Fsp3) is 0.448. The van der Waals surface area contributed by atoms with Gasteiger partial charge in [0.15, 0.2) is 6.10 Å². The van der Waals surface area contributed by atoms with E-state index in [2.05, 4.69) is 5.32 Å². The van der Waals surface area contributed by atoms with Crippen molar-refractivity contribution < 1.29 is 23.9 Å². The van der Waals surface area contributed by atoms with Gasteiger partial charge in [0.2, 0.25) is 11.8 Å². The Bertz CT molecular complexity index is 1320. The van der Waals surface area contributed by atoms with E-state index in [1.807, 2.05) is 41.3 Å². The lowest BCUT2D eigenvalue weighted by Crippen LogP contribution is -2.55. The second-order valence-corrected chi connectivity index (χ2v) is 10.6. The summed E-state index contributed by atoms with van der Waals surface area (Å²) in [6, 6.07) is 11.6. The minimum absolute atomic E-state index is 0.0143. The number of hydrogen-bond donors (Lipinski definition) is 1. The molecule has 4 aliphatic heterocycles. The summed E-state index contributed by atoms with van der Waals surface area (Å²) in [4.78, 5) is 55.9. The number of amides is 4. The second kappa shape index (κ2) is 9.78. The van der Waals surface area contributed by atoms with Crippen molar-refractivity contribution in [3.63, 3.8) is 0 Å². The van der Waals surface area contributed by atoms with Crippen molar-refractivity contribution in [2.24, 2.45) is 5.92 Å². The van der Waals surface area contributed by atoms with Crippen LogP contribution in [0, 0.1) is 5.92 Å². The summed E-state index contributed by atoms with van der Waals surface area (Å²) in [7, 11) is 0. The molecule has 4 amide bonds. The van der Waals surface area contributed by atoms with Crippen molar-refractivity contribution in [3.8, 4) is 16.9 Å². The van der Waals surface area contributed by atoms with Gasteiger partial charge >= 0.3 is 0 Å². The van der Waals surface area contributed by atoms with Crippen LogP contribution < -0.4 is 10.1 Å². The molecule has 198 valence electrons. The first-order chi connectivity index (χ1) is 18.4. The Hall–Kier alpha value is -3.88. The Balaban J connectivity index is 1.11. The van der Waals surface area contributed by atoms with E-state index in [4.69, 9.17) is 4.74 Å². The van der Waals surface area contributed by atoms with Crippen LogP contribution in [-0.2, 0) is 27.3 Å². The van der Waals surface area contributed by atoms with E-state index in [1.165, 1.54) is 0 Å². The van der Waals surface area contributed by atoms with Crippen LogP contribution in [-0.4, -0.2) is 83.7 Å². The summed E-state index contributed by atoms with van der Waals surface area (Å²) >= 11 is 0. The SMILES string of the molecule is CC(=O)N1CCC[C@H](C(=O)N2CCN(C(=O)C3Cc4cccc(-c5cccc6c5CNC6=O)c4O3)CC2)C1. The molecule has 0 aliphatic carbocycles. The number of piperidine rings is 1. The average Bonchev–Trinajstić information content (AvgIpc) is 3.56. The molecule has 9 heteroatoms. The predicted molar refractivity (Wildman–Crippen MR) is 139 cm³/mol. The van der Waals surface area contributed by atoms with Crippen LogP contribution in [0.4, 0.5) is 0 Å². The van der Waals surface area contributed by atoms with Crippen molar-refractivity contribution in [1.82, 2.24) is 20.0 Å². The lowest BCUT2D eigenvalue weighted by atomic mass is 9.94. The molecule has 1 N–H and O–H groups in total. The predicted octanol–water partition coefficient (Wildman–Crippen LogP) is 1.83. The Morgan fingerprint density at radius 2 is 1.55 bits per heavy atom. The Labute approximate surface area is 221 Å². The second-order valence-electron chi connectivity index (χ2n) is 10.6. The first-order valence-electron chi connectivity index (χ1n) is 13.4. The minimum atomic E-state index is -0.604. The van der Waals surface area contributed by atoms with E-state index < -0.39 is 6.10 Å². The van der Waals surface area contributed by atoms with Gasteiger partial charge in [-0.2, -0.15) is 0 Å². The number of ether oxygens (including phenoxy) is 1. The molecule has 0 aromatic heterocycles. The van der Waals surface area contributed by atoms with Gasteiger partial charge in [-0.15, -0.1) is 0 Å². The Morgan fingerprint density at radius 1 is 0.868 bits per heavy atom. The molecule has 2 atom stereocenters. The molecule has 1 unspecified atom stereocenters. The van der Waals surface area contributed by atoms with Gasteiger partial charge in [-0.3, -0.25) is 19.2 Å². The normalized spacial score (nSPS) is 22.4. The monoisotopic (exact) mass is 516 g/mol. The van der Waals surface area contributed by atoms with E-state index in [9.17, 15) is 19.2 Å². The number of fused-ring (bicyclic) bond motifs is 2. The van der Waals surface area contributed by atoms with Crippen LogP contribution in [0.3, 0.4) is 0 Å². The Kier molecular flexibility index (Phi) is 6.29. The number of nitrogens with zero attached hydrogens (tertiary/aromatic N) is 3. The third-order valence-electron chi connectivity index (χ3n) is 8.29. The van der Waals surface area contributed by atoms with E-state index in [1.54, 1.807) is 16.7 Å². The number of carbonyl (C=O) groups is 4. The quantitative estimate of drug-likeness (QED) is 0.671. The maximum absolute atomic E-state index is 13.4. The maximum Gasteiger partial charge on any atom is 0.264 e. The molecule has 4 aliphatic rings. The summed E-state index contributed by atoms with van der Waals surface area (Å²) < 4.78 is 6.28. The lowest BCUT2D eigenvalue weighted by molar-refractivity contribution is -0.147. The fourth-order valence-electron chi connectivity index (χ4n) is 6.20. The maximum atomic E-state index is 13.4.